The Kier molecular flexibility index (Phi) is 4.32. The number of rotatable bonds is 4. The van der Waals surface area contributed by atoms with E-state index in [0.717, 1.165) is 5.56 Å². The van der Waals surface area contributed by atoms with E-state index in [1.165, 1.54) is 12.1 Å². The van der Waals surface area contributed by atoms with E-state index in [-0.39, 0.29) is 5.82 Å². The third-order valence-electron chi connectivity index (χ3n) is 2.93. The number of hydrogen-bond donors (Lipinski definition) is 1. The smallest absolute Gasteiger partial charge is 0.123 e. The lowest BCUT2D eigenvalue weighted by Crippen LogP contribution is -2.07. The van der Waals surface area contributed by atoms with Crippen molar-refractivity contribution < 1.29 is 4.39 Å². The quantitative estimate of drug-likeness (QED) is 0.923. The van der Waals surface area contributed by atoms with Crippen molar-refractivity contribution in [3.63, 3.8) is 0 Å². The Morgan fingerprint density at radius 3 is 2.10 bits per heavy atom. The van der Waals surface area contributed by atoms with Crippen LogP contribution in [-0.4, -0.2) is 6.54 Å². The predicted octanol–water partition coefficient (Wildman–Crippen LogP) is 3.22. The number of nitriles is 2. The molecule has 0 aliphatic rings. The Bertz CT molecular complexity index is 646. The highest BCUT2D eigenvalue weighted by molar-refractivity contribution is 5.66. The minimum absolute atomic E-state index is 0.261. The first kappa shape index (κ1) is 13.6. The highest BCUT2D eigenvalue weighted by atomic mass is 19.1. The van der Waals surface area contributed by atoms with Gasteiger partial charge in [0, 0.05) is 6.54 Å². The maximum Gasteiger partial charge on any atom is 0.123 e. The van der Waals surface area contributed by atoms with E-state index in [4.69, 9.17) is 10.5 Å². The largest absolute Gasteiger partial charge is 0.383 e. The standard InChI is InChI=1S/C16H12FN3/c17-15-6-4-12(5-7-15)8-9-20-16-13(10-18)2-1-3-14(16)11-19/h1-7,20H,8-9H2. The molecule has 20 heavy (non-hydrogen) atoms. The first-order chi connectivity index (χ1) is 9.74. The minimum Gasteiger partial charge on any atom is -0.383 e. The van der Waals surface area contributed by atoms with Crippen LogP contribution in [0.1, 0.15) is 16.7 Å². The monoisotopic (exact) mass is 265 g/mol. The Labute approximate surface area is 116 Å². The number of para-hydroxylation sites is 1. The maximum absolute atomic E-state index is 12.8. The van der Waals surface area contributed by atoms with Crippen LogP contribution in [0.2, 0.25) is 0 Å². The van der Waals surface area contributed by atoms with Gasteiger partial charge < -0.3 is 5.32 Å². The summed E-state index contributed by atoms with van der Waals surface area (Å²) in [6.45, 7) is 0.568. The van der Waals surface area contributed by atoms with E-state index in [0.29, 0.717) is 29.8 Å². The lowest BCUT2D eigenvalue weighted by molar-refractivity contribution is 0.627. The zero-order chi connectivity index (χ0) is 14.4. The lowest BCUT2D eigenvalue weighted by Gasteiger charge is -2.09. The number of anilines is 1. The van der Waals surface area contributed by atoms with Crippen molar-refractivity contribution in [1.82, 2.24) is 0 Å². The lowest BCUT2D eigenvalue weighted by atomic mass is 10.1. The van der Waals surface area contributed by atoms with Gasteiger partial charge in [0.05, 0.1) is 16.8 Å². The van der Waals surface area contributed by atoms with Gasteiger partial charge in [0.25, 0.3) is 0 Å². The van der Waals surface area contributed by atoms with Crippen LogP contribution in [0.3, 0.4) is 0 Å². The average Bonchev–Trinajstić information content (AvgIpc) is 2.49. The Morgan fingerprint density at radius 2 is 1.55 bits per heavy atom. The van der Waals surface area contributed by atoms with Crippen molar-refractivity contribution in [3.8, 4) is 12.1 Å². The molecule has 3 nitrogen and oxygen atoms in total. The van der Waals surface area contributed by atoms with Gasteiger partial charge in [0.2, 0.25) is 0 Å². The Morgan fingerprint density at radius 1 is 0.950 bits per heavy atom. The third-order valence-corrected chi connectivity index (χ3v) is 2.93. The molecule has 0 unspecified atom stereocenters. The molecule has 0 spiro atoms. The van der Waals surface area contributed by atoms with Crippen molar-refractivity contribution in [2.45, 2.75) is 6.42 Å². The first-order valence-corrected chi connectivity index (χ1v) is 6.16. The summed E-state index contributed by atoms with van der Waals surface area (Å²) in [6.07, 6.45) is 0.685. The summed E-state index contributed by atoms with van der Waals surface area (Å²) in [5.74, 6) is -0.261. The number of benzene rings is 2. The second-order valence-corrected chi connectivity index (χ2v) is 4.25. The molecule has 0 amide bonds. The van der Waals surface area contributed by atoms with Crippen LogP contribution >= 0.6 is 0 Å². The van der Waals surface area contributed by atoms with Crippen molar-refractivity contribution in [2.24, 2.45) is 0 Å². The van der Waals surface area contributed by atoms with Crippen LogP contribution in [0.5, 0.6) is 0 Å². The van der Waals surface area contributed by atoms with Crippen LogP contribution in [0, 0.1) is 28.5 Å². The maximum atomic E-state index is 12.8. The van der Waals surface area contributed by atoms with Gasteiger partial charge in [-0.3, -0.25) is 0 Å². The molecular weight excluding hydrogens is 253 g/mol. The fourth-order valence-electron chi connectivity index (χ4n) is 1.91. The molecule has 0 radical (unpaired) electrons. The summed E-state index contributed by atoms with van der Waals surface area (Å²) in [6, 6.07) is 15.4. The van der Waals surface area contributed by atoms with Gasteiger partial charge in [-0.2, -0.15) is 10.5 Å². The number of halogens is 1. The van der Waals surface area contributed by atoms with Crippen LogP contribution in [0.25, 0.3) is 0 Å². The molecule has 1 N–H and O–H groups in total. The fourth-order valence-corrected chi connectivity index (χ4v) is 1.91. The van der Waals surface area contributed by atoms with Gasteiger partial charge >= 0.3 is 0 Å². The molecular formula is C16H12FN3. The highest BCUT2D eigenvalue weighted by Gasteiger charge is 2.07. The number of nitrogens with zero attached hydrogens (tertiary/aromatic N) is 2. The molecule has 0 heterocycles. The fraction of sp³-hybridized carbons (Fsp3) is 0.125. The highest BCUT2D eigenvalue weighted by Crippen LogP contribution is 2.19. The van der Waals surface area contributed by atoms with Gasteiger partial charge in [-0.1, -0.05) is 18.2 Å². The topological polar surface area (TPSA) is 59.6 Å². The molecule has 98 valence electrons. The van der Waals surface area contributed by atoms with Crippen molar-refractivity contribution in [3.05, 3.63) is 65.0 Å². The van der Waals surface area contributed by atoms with Crippen LogP contribution in [-0.2, 0) is 6.42 Å². The van der Waals surface area contributed by atoms with Gasteiger partial charge in [0.1, 0.15) is 18.0 Å². The molecule has 2 aromatic carbocycles. The summed E-state index contributed by atoms with van der Waals surface area (Å²) in [5.41, 5.74) is 2.44. The van der Waals surface area contributed by atoms with Crippen LogP contribution in [0.15, 0.2) is 42.5 Å². The van der Waals surface area contributed by atoms with E-state index in [2.05, 4.69) is 17.5 Å². The molecule has 0 aliphatic heterocycles. The average molecular weight is 265 g/mol. The van der Waals surface area contributed by atoms with Gasteiger partial charge in [-0.25, -0.2) is 4.39 Å². The number of hydrogen-bond acceptors (Lipinski definition) is 3. The molecule has 0 bridgehead atoms. The predicted molar refractivity (Wildman–Crippen MR) is 74.5 cm³/mol. The molecule has 0 aromatic heterocycles. The molecule has 2 rings (SSSR count). The zero-order valence-electron chi connectivity index (χ0n) is 10.7. The summed E-state index contributed by atoms with van der Waals surface area (Å²) < 4.78 is 12.8. The van der Waals surface area contributed by atoms with E-state index in [1.54, 1.807) is 30.3 Å². The second kappa shape index (κ2) is 6.36. The summed E-state index contributed by atoms with van der Waals surface area (Å²) in [7, 11) is 0. The summed E-state index contributed by atoms with van der Waals surface area (Å²) >= 11 is 0. The van der Waals surface area contributed by atoms with Crippen LogP contribution < -0.4 is 5.32 Å². The van der Waals surface area contributed by atoms with E-state index >= 15 is 0 Å². The van der Waals surface area contributed by atoms with Gasteiger partial charge in [-0.05, 0) is 36.2 Å². The van der Waals surface area contributed by atoms with E-state index < -0.39 is 0 Å². The Hall–Kier alpha value is -2.85. The second-order valence-electron chi connectivity index (χ2n) is 4.25. The molecule has 0 saturated heterocycles. The van der Waals surface area contributed by atoms with E-state index in [9.17, 15) is 4.39 Å². The van der Waals surface area contributed by atoms with Crippen molar-refractivity contribution >= 4 is 5.69 Å². The molecule has 0 saturated carbocycles. The molecule has 0 fully saturated rings. The number of nitrogens with one attached hydrogen (secondary N) is 1. The third kappa shape index (κ3) is 3.13. The summed E-state index contributed by atoms with van der Waals surface area (Å²) in [4.78, 5) is 0. The SMILES string of the molecule is N#Cc1cccc(C#N)c1NCCc1ccc(F)cc1. The molecule has 0 aliphatic carbocycles. The molecule has 2 aromatic rings. The Balaban J connectivity index is 2.06. The zero-order valence-corrected chi connectivity index (χ0v) is 10.7. The normalized spacial score (nSPS) is 9.55. The van der Waals surface area contributed by atoms with Gasteiger partial charge in [0.15, 0.2) is 0 Å². The van der Waals surface area contributed by atoms with Crippen molar-refractivity contribution in [1.29, 1.82) is 10.5 Å². The van der Waals surface area contributed by atoms with Crippen molar-refractivity contribution in [2.75, 3.05) is 11.9 Å². The minimum atomic E-state index is -0.261. The summed E-state index contributed by atoms with van der Waals surface area (Å²) in [5, 5.41) is 21.2. The first-order valence-electron chi connectivity index (χ1n) is 6.16. The molecule has 0 atom stereocenters. The van der Waals surface area contributed by atoms with Gasteiger partial charge in [-0.15, -0.1) is 0 Å². The van der Waals surface area contributed by atoms with Crippen LogP contribution in [0.4, 0.5) is 10.1 Å². The van der Waals surface area contributed by atoms with E-state index in [1.807, 2.05) is 0 Å². The molecule has 4 heteroatoms.